The third-order valence-electron chi connectivity index (χ3n) is 9.12. The summed E-state index contributed by atoms with van der Waals surface area (Å²) >= 11 is 0. The topological polar surface area (TPSA) is 266 Å². The molecule has 0 aromatic heterocycles. The van der Waals surface area contributed by atoms with Gasteiger partial charge in [-0.25, -0.2) is 4.79 Å². The number of ether oxygens (including phenoxy) is 2. The number of nitriles is 1. The Bertz CT molecular complexity index is 2250. The Morgan fingerprint density at radius 1 is 0.684 bits per heavy atom. The van der Waals surface area contributed by atoms with Crippen molar-refractivity contribution >= 4 is 58.3 Å². The van der Waals surface area contributed by atoms with Crippen molar-refractivity contribution in [3.05, 3.63) is 95.1 Å². The van der Waals surface area contributed by atoms with Crippen molar-refractivity contribution in [1.82, 2.24) is 5.32 Å². The number of methoxy groups -OCH3 is 2. The van der Waals surface area contributed by atoms with Crippen LogP contribution in [-0.4, -0.2) is 71.1 Å². The monoisotopic (exact) mass is 778 g/mol. The number of rotatable bonds is 14. The van der Waals surface area contributed by atoms with E-state index in [9.17, 15) is 49.3 Å². The van der Waals surface area contributed by atoms with Gasteiger partial charge in [0.1, 0.15) is 11.6 Å². The highest BCUT2D eigenvalue weighted by Gasteiger charge is 2.26. The summed E-state index contributed by atoms with van der Waals surface area (Å²) in [6.07, 6.45) is 3.40. The van der Waals surface area contributed by atoms with E-state index in [-0.39, 0.29) is 63.5 Å². The molecule has 0 bridgehead atoms. The van der Waals surface area contributed by atoms with E-state index in [0.29, 0.717) is 5.69 Å². The van der Waals surface area contributed by atoms with Gasteiger partial charge in [-0.15, -0.1) is 0 Å². The molecule has 1 aliphatic rings. The predicted molar refractivity (Wildman–Crippen MR) is 206 cm³/mol. The van der Waals surface area contributed by atoms with E-state index < -0.39 is 52.7 Å². The second kappa shape index (κ2) is 18.1. The maximum Gasteiger partial charge on any atom is 0.339 e. The number of anilines is 4. The molecule has 1 saturated carbocycles. The summed E-state index contributed by atoms with van der Waals surface area (Å²) in [5.41, 5.74) is 0.286. The maximum absolute atomic E-state index is 13.1. The summed E-state index contributed by atoms with van der Waals surface area (Å²) in [4.78, 5) is 76.0. The molecule has 0 aliphatic heterocycles. The van der Waals surface area contributed by atoms with Gasteiger partial charge >= 0.3 is 5.97 Å². The molecule has 0 unspecified atom stereocenters. The minimum Gasteiger partial charge on any atom is -0.504 e. The summed E-state index contributed by atoms with van der Waals surface area (Å²) < 4.78 is 10.3. The average molecular weight is 779 g/mol. The zero-order valence-electron chi connectivity index (χ0n) is 30.7. The maximum atomic E-state index is 13.1. The minimum absolute atomic E-state index is 0.00600. The van der Waals surface area contributed by atoms with Crippen LogP contribution in [0.15, 0.2) is 72.8 Å². The molecule has 4 aromatic carbocycles. The highest BCUT2D eigenvalue weighted by Crippen LogP contribution is 2.40. The zero-order valence-corrected chi connectivity index (χ0v) is 30.7. The van der Waals surface area contributed by atoms with Gasteiger partial charge in [-0.05, 0) is 85.6 Å². The first kappa shape index (κ1) is 40.6. The summed E-state index contributed by atoms with van der Waals surface area (Å²) in [5, 5.41) is 52.8. The number of amides is 5. The van der Waals surface area contributed by atoms with Crippen LogP contribution in [0.2, 0.25) is 0 Å². The summed E-state index contributed by atoms with van der Waals surface area (Å²) in [6.45, 7) is 0. The molecule has 5 rings (SSSR count). The van der Waals surface area contributed by atoms with Crippen molar-refractivity contribution in [2.45, 2.75) is 38.1 Å². The Balaban J connectivity index is 1.19. The van der Waals surface area contributed by atoms with Crippen molar-refractivity contribution in [1.29, 1.82) is 5.26 Å². The number of carbonyl (C=O) groups excluding carboxylic acids is 5. The fourth-order valence-corrected chi connectivity index (χ4v) is 6.11. The molecule has 57 heavy (non-hydrogen) atoms. The van der Waals surface area contributed by atoms with E-state index in [0.717, 1.165) is 38.9 Å². The number of phenols is 2. The van der Waals surface area contributed by atoms with Crippen LogP contribution in [-0.2, 0) is 9.59 Å². The van der Waals surface area contributed by atoms with Crippen LogP contribution in [0.25, 0.3) is 0 Å². The molecule has 0 saturated heterocycles. The number of aromatic hydroxyl groups is 2. The minimum atomic E-state index is -1.42. The smallest absolute Gasteiger partial charge is 0.339 e. The number of nitrogens with zero attached hydrogens (tertiary/aromatic N) is 1. The number of carbonyl (C=O) groups is 6. The summed E-state index contributed by atoms with van der Waals surface area (Å²) in [6, 6.07) is 17.2. The molecule has 0 heterocycles. The van der Waals surface area contributed by atoms with Crippen molar-refractivity contribution in [3.8, 4) is 29.1 Å². The van der Waals surface area contributed by atoms with E-state index >= 15 is 0 Å². The number of nitrogens with one attached hydrogen (secondary N) is 5. The zero-order chi connectivity index (χ0) is 41.2. The SMILES string of the molecule is COc1c(NC(=O)c2ccc(NC(=O)c3ccc(NC(=O)[C@H](CC#N)NC(=O)c4ccc(NC(=O)C5CCCC5)cc4)cc3)c(OC)c2O)ccc(C(=O)O)c1O. The van der Waals surface area contributed by atoms with Crippen LogP contribution >= 0.6 is 0 Å². The Morgan fingerprint density at radius 2 is 1.18 bits per heavy atom. The number of carboxylic acids is 1. The van der Waals surface area contributed by atoms with E-state index in [2.05, 4.69) is 26.6 Å². The number of aromatic carboxylic acids is 1. The van der Waals surface area contributed by atoms with E-state index in [4.69, 9.17) is 9.47 Å². The number of hydrogen-bond donors (Lipinski definition) is 8. The number of phenolic OH excluding ortho intramolecular Hbond substituents is 1. The number of hydrogen-bond acceptors (Lipinski definition) is 11. The van der Waals surface area contributed by atoms with Gasteiger partial charge in [-0.3, -0.25) is 24.0 Å². The largest absolute Gasteiger partial charge is 0.504 e. The fraction of sp³-hybridized carbons (Fsp3) is 0.225. The van der Waals surface area contributed by atoms with Crippen LogP contribution in [0.1, 0.15) is 73.5 Å². The molecule has 1 aliphatic carbocycles. The standard InChI is InChI=1S/C40H38N6O11/c1-56-33-28(17-15-26(31(33)47)38(52)45-29-18-16-27(40(54)55)32(48)34(29)57-2)44-36(50)22-9-13-25(14-10-22)43-39(53)30(19-20-41)46-37(51)23-7-11-24(12-8-23)42-35(49)21-5-3-4-6-21/h7-18,21,30,47-48H,3-6,19H2,1-2H3,(H,42,49)(H,43,53)(H,44,50)(H,45,52)(H,46,51)(H,54,55)/t30-/m0/s1. The third-order valence-corrected chi connectivity index (χ3v) is 9.12. The number of carboxylic acid groups (broad SMARTS) is 1. The van der Waals surface area contributed by atoms with Gasteiger partial charge in [0.2, 0.25) is 11.8 Å². The average Bonchev–Trinajstić information content (AvgIpc) is 3.74. The van der Waals surface area contributed by atoms with Crippen molar-refractivity contribution in [2.24, 2.45) is 5.92 Å². The van der Waals surface area contributed by atoms with Gasteiger partial charge < -0.3 is 51.4 Å². The summed E-state index contributed by atoms with van der Waals surface area (Å²) in [7, 11) is 2.36. The molecule has 8 N–H and O–H groups in total. The summed E-state index contributed by atoms with van der Waals surface area (Å²) in [5.74, 6) is -6.26. The first-order valence-corrected chi connectivity index (χ1v) is 17.5. The number of benzene rings is 4. The molecular weight excluding hydrogens is 740 g/mol. The second-order valence-corrected chi connectivity index (χ2v) is 12.8. The van der Waals surface area contributed by atoms with E-state index in [1.165, 1.54) is 61.7 Å². The molecule has 5 amide bonds. The molecule has 1 fully saturated rings. The normalized spacial score (nSPS) is 12.6. The van der Waals surface area contributed by atoms with Gasteiger partial charge in [-0.2, -0.15) is 5.26 Å². The van der Waals surface area contributed by atoms with Gasteiger partial charge in [0.15, 0.2) is 23.0 Å². The van der Waals surface area contributed by atoms with Gasteiger partial charge in [0, 0.05) is 28.4 Å². The van der Waals surface area contributed by atoms with Crippen molar-refractivity contribution < 1.29 is 53.6 Å². The Labute approximate surface area is 325 Å². The van der Waals surface area contributed by atoms with E-state index in [1.54, 1.807) is 12.1 Å². The van der Waals surface area contributed by atoms with Crippen LogP contribution in [0.5, 0.6) is 23.0 Å². The highest BCUT2D eigenvalue weighted by molar-refractivity contribution is 6.10. The predicted octanol–water partition coefficient (Wildman–Crippen LogP) is 5.10. The van der Waals surface area contributed by atoms with Crippen LogP contribution in [0, 0.1) is 17.2 Å². The highest BCUT2D eigenvalue weighted by atomic mass is 16.5. The lowest BCUT2D eigenvalue weighted by atomic mass is 10.1. The van der Waals surface area contributed by atoms with Gasteiger partial charge in [0.05, 0.1) is 43.6 Å². The first-order chi connectivity index (χ1) is 27.3. The molecule has 0 radical (unpaired) electrons. The third kappa shape index (κ3) is 9.56. The van der Waals surface area contributed by atoms with Crippen molar-refractivity contribution in [2.75, 3.05) is 35.5 Å². The molecular formula is C40H38N6O11. The first-order valence-electron chi connectivity index (χ1n) is 17.5. The lowest BCUT2D eigenvalue weighted by Crippen LogP contribution is -2.43. The van der Waals surface area contributed by atoms with Crippen LogP contribution in [0.4, 0.5) is 22.7 Å². The quantitative estimate of drug-likeness (QED) is 0.0832. The van der Waals surface area contributed by atoms with Gasteiger partial charge in [-0.1, -0.05) is 12.8 Å². The molecule has 17 nitrogen and oxygen atoms in total. The lowest BCUT2D eigenvalue weighted by molar-refractivity contribution is -0.119. The fourth-order valence-electron chi connectivity index (χ4n) is 6.11. The van der Waals surface area contributed by atoms with Crippen LogP contribution in [0.3, 0.4) is 0 Å². The Hall–Kier alpha value is -7.61. The molecule has 0 spiro atoms. The molecule has 1 atom stereocenters. The molecule has 4 aromatic rings. The van der Waals surface area contributed by atoms with Crippen LogP contribution < -0.4 is 36.1 Å². The molecule has 294 valence electrons. The van der Waals surface area contributed by atoms with Crippen molar-refractivity contribution in [3.63, 3.8) is 0 Å². The Morgan fingerprint density at radius 3 is 1.70 bits per heavy atom. The lowest BCUT2D eigenvalue weighted by Gasteiger charge is -2.17. The second-order valence-electron chi connectivity index (χ2n) is 12.8. The molecule has 17 heteroatoms. The van der Waals surface area contributed by atoms with Gasteiger partial charge in [0.25, 0.3) is 17.7 Å². The Kier molecular flexibility index (Phi) is 12.9. The van der Waals surface area contributed by atoms with E-state index in [1.807, 2.05) is 6.07 Å².